The summed E-state index contributed by atoms with van der Waals surface area (Å²) in [6.07, 6.45) is 8.14. The predicted octanol–water partition coefficient (Wildman–Crippen LogP) is 5.08. The van der Waals surface area contributed by atoms with Gasteiger partial charge >= 0.3 is 0 Å². The van der Waals surface area contributed by atoms with Crippen LogP contribution in [0, 0.1) is 0 Å². The molecule has 0 aliphatic heterocycles. The molecular formula is C19H14ClN3. The number of nitrogens with zero attached hydrogens (tertiary/aromatic N) is 3. The van der Waals surface area contributed by atoms with Crippen molar-refractivity contribution in [1.29, 1.82) is 0 Å². The summed E-state index contributed by atoms with van der Waals surface area (Å²) in [4.78, 5) is 13.3. The molecule has 3 aromatic rings. The fourth-order valence-electron chi connectivity index (χ4n) is 2.82. The molecule has 0 atom stereocenters. The Kier molecular flexibility index (Phi) is 3.64. The van der Waals surface area contributed by atoms with Gasteiger partial charge in [-0.15, -0.1) is 0 Å². The van der Waals surface area contributed by atoms with E-state index in [1.807, 2.05) is 36.4 Å². The van der Waals surface area contributed by atoms with Crippen LogP contribution in [0.2, 0.25) is 5.28 Å². The van der Waals surface area contributed by atoms with Crippen LogP contribution < -0.4 is 0 Å². The lowest BCUT2D eigenvalue weighted by atomic mass is 10.0. The molecule has 0 unspecified atom stereocenters. The van der Waals surface area contributed by atoms with Crippen molar-refractivity contribution in [2.75, 3.05) is 0 Å². The minimum absolute atomic E-state index is 0.230. The molecule has 0 saturated carbocycles. The number of aromatic nitrogens is 3. The quantitative estimate of drug-likeness (QED) is 0.661. The third kappa shape index (κ3) is 2.76. The minimum atomic E-state index is 0.230. The molecule has 0 bridgehead atoms. The first-order valence-corrected chi connectivity index (χ1v) is 7.95. The SMILES string of the molecule is Clc1nc(C2=CC=CCC2)nc(-c2cccc3ccccc23)n1. The second kappa shape index (κ2) is 5.94. The van der Waals surface area contributed by atoms with Gasteiger partial charge in [0.1, 0.15) is 0 Å². The standard InChI is InChI=1S/C19H14ClN3/c20-19-22-17(14-8-2-1-3-9-14)21-18(23-19)16-12-6-10-13-7-4-5-11-15(13)16/h1-2,4-8,10-12H,3,9H2. The van der Waals surface area contributed by atoms with Crippen LogP contribution in [0.25, 0.3) is 27.7 Å². The van der Waals surface area contributed by atoms with Gasteiger partial charge in [-0.25, -0.2) is 4.98 Å². The Morgan fingerprint density at radius 3 is 2.57 bits per heavy atom. The van der Waals surface area contributed by atoms with E-state index in [1.165, 1.54) is 0 Å². The monoisotopic (exact) mass is 319 g/mol. The molecule has 1 aliphatic rings. The molecule has 0 radical (unpaired) electrons. The molecule has 4 rings (SSSR count). The Balaban J connectivity index is 1.90. The molecule has 23 heavy (non-hydrogen) atoms. The van der Waals surface area contributed by atoms with E-state index in [-0.39, 0.29) is 5.28 Å². The number of fused-ring (bicyclic) bond motifs is 1. The smallest absolute Gasteiger partial charge is 0.208 e. The van der Waals surface area contributed by atoms with E-state index >= 15 is 0 Å². The highest BCUT2D eigenvalue weighted by Gasteiger charge is 2.13. The van der Waals surface area contributed by atoms with Gasteiger partial charge < -0.3 is 0 Å². The number of hydrogen-bond acceptors (Lipinski definition) is 3. The van der Waals surface area contributed by atoms with Crippen LogP contribution in [0.4, 0.5) is 0 Å². The van der Waals surface area contributed by atoms with E-state index in [4.69, 9.17) is 11.6 Å². The van der Waals surface area contributed by atoms with Crippen LogP contribution in [0.1, 0.15) is 18.7 Å². The van der Waals surface area contributed by atoms with Crippen molar-refractivity contribution in [3.8, 4) is 11.4 Å². The van der Waals surface area contributed by atoms with Gasteiger partial charge in [0.15, 0.2) is 11.6 Å². The number of hydrogen-bond donors (Lipinski definition) is 0. The Bertz CT molecular complexity index is 939. The maximum absolute atomic E-state index is 6.16. The predicted molar refractivity (Wildman–Crippen MR) is 94.1 cm³/mol. The highest BCUT2D eigenvalue weighted by atomic mass is 35.5. The van der Waals surface area contributed by atoms with Crippen molar-refractivity contribution in [2.45, 2.75) is 12.8 Å². The Hall–Kier alpha value is -2.52. The molecule has 0 amide bonds. The van der Waals surface area contributed by atoms with Crippen molar-refractivity contribution in [1.82, 2.24) is 15.0 Å². The Morgan fingerprint density at radius 1 is 0.870 bits per heavy atom. The van der Waals surface area contributed by atoms with E-state index in [9.17, 15) is 0 Å². The fourth-order valence-corrected chi connectivity index (χ4v) is 2.98. The highest BCUT2D eigenvalue weighted by Crippen LogP contribution is 2.28. The van der Waals surface area contributed by atoms with Crippen LogP contribution in [0.5, 0.6) is 0 Å². The zero-order chi connectivity index (χ0) is 15.6. The molecule has 0 saturated heterocycles. The maximum Gasteiger partial charge on any atom is 0.226 e. The van der Waals surface area contributed by atoms with Crippen LogP contribution in [-0.2, 0) is 0 Å². The number of benzene rings is 2. The molecule has 1 heterocycles. The molecule has 0 spiro atoms. The van der Waals surface area contributed by atoms with E-state index in [0.717, 1.165) is 34.8 Å². The first kappa shape index (κ1) is 14.1. The van der Waals surface area contributed by atoms with Gasteiger partial charge in [0.25, 0.3) is 0 Å². The second-order valence-electron chi connectivity index (χ2n) is 5.44. The van der Waals surface area contributed by atoms with Gasteiger partial charge in [-0.2, -0.15) is 9.97 Å². The molecule has 1 aromatic heterocycles. The van der Waals surface area contributed by atoms with Gasteiger partial charge in [0.05, 0.1) is 0 Å². The number of rotatable bonds is 2. The summed E-state index contributed by atoms with van der Waals surface area (Å²) in [6.45, 7) is 0. The lowest BCUT2D eigenvalue weighted by molar-refractivity contribution is 0.974. The lowest BCUT2D eigenvalue weighted by Gasteiger charge is -2.10. The van der Waals surface area contributed by atoms with Crippen molar-refractivity contribution in [3.63, 3.8) is 0 Å². The molecule has 3 nitrogen and oxygen atoms in total. The maximum atomic E-state index is 6.16. The molecule has 1 aliphatic carbocycles. The van der Waals surface area contributed by atoms with Crippen LogP contribution in [0.15, 0.2) is 60.7 Å². The zero-order valence-corrected chi connectivity index (χ0v) is 13.2. The second-order valence-corrected chi connectivity index (χ2v) is 5.78. The fraction of sp³-hybridized carbons (Fsp3) is 0.105. The van der Waals surface area contributed by atoms with E-state index in [1.54, 1.807) is 0 Å². The summed E-state index contributed by atoms with van der Waals surface area (Å²) in [7, 11) is 0. The topological polar surface area (TPSA) is 38.7 Å². The molecule has 0 fully saturated rings. The third-order valence-electron chi connectivity index (χ3n) is 3.94. The van der Waals surface area contributed by atoms with Crippen LogP contribution in [0.3, 0.4) is 0 Å². The Morgan fingerprint density at radius 2 is 1.70 bits per heavy atom. The van der Waals surface area contributed by atoms with E-state index in [2.05, 4.69) is 39.2 Å². The zero-order valence-electron chi connectivity index (χ0n) is 12.4. The van der Waals surface area contributed by atoms with Gasteiger partial charge in [-0.05, 0) is 40.8 Å². The van der Waals surface area contributed by atoms with Crippen molar-refractivity contribution in [3.05, 3.63) is 71.8 Å². The van der Waals surface area contributed by atoms with Crippen molar-refractivity contribution < 1.29 is 0 Å². The average molecular weight is 320 g/mol. The first-order valence-electron chi connectivity index (χ1n) is 7.57. The largest absolute Gasteiger partial charge is 0.226 e. The lowest BCUT2D eigenvalue weighted by Crippen LogP contribution is -2.01. The van der Waals surface area contributed by atoms with E-state index in [0.29, 0.717) is 11.6 Å². The van der Waals surface area contributed by atoms with Crippen LogP contribution >= 0.6 is 11.6 Å². The molecule has 0 N–H and O–H groups in total. The van der Waals surface area contributed by atoms with Gasteiger partial charge in [0, 0.05) is 5.56 Å². The molecule has 112 valence electrons. The van der Waals surface area contributed by atoms with Gasteiger partial charge in [0.2, 0.25) is 5.28 Å². The summed E-state index contributed by atoms with van der Waals surface area (Å²) in [6, 6.07) is 14.3. The normalized spacial score (nSPS) is 14.0. The molecule has 4 heteroatoms. The van der Waals surface area contributed by atoms with Gasteiger partial charge in [-0.3, -0.25) is 0 Å². The van der Waals surface area contributed by atoms with Crippen LogP contribution in [-0.4, -0.2) is 15.0 Å². The summed E-state index contributed by atoms with van der Waals surface area (Å²) < 4.78 is 0. The first-order chi connectivity index (χ1) is 11.3. The summed E-state index contributed by atoms with van der Waals surface area (Å²) in [5.41, 5.74) is 2.07. The minimum Gasteiger partial charge on any atom is -0.208 e. The number of halogens is 1. The van der Waals surface area contributed by atoms with Crippen molar-refractivity contribution in [2.24, 2.45) is 0 Å². The highest BCUT2D eigenvalue weighted by molar-refractivity contribution is 6.28. The summed E-state index contributed by atoms with van der Waals surface area (Å²) in [5, 5.41) is 2.50. The summed E-state index contributed by atoms with van der Waals surface area (Å²) in [5.74, 6) is 1.28. The average Bonchev–Trinajstić information content (AvgIpc) is 2.61. The molecular weight excluding hydrogens is 306 g/mol. The Labute approximate surface area is 139 Å². The number of allylic oxidation sites excluding steroid dienone is 4. The summed E-state index contributed by atoms with van der Waals surface area (Å²) >= 11 is 6.16. The third-order valence-corrected chi connectivity index (χ3v) is 4.11. The van der Waals surface area contributed by atoms with Crippen molar-refractivity contribution >= 4 is 27.9 Å². The molecule has 2 aromatic carbocycles. The van der Waals surface area contributed by atoms with E-state index < -0.39 is 0 Å². The van der Waals surface area contributed by atoms with Gasteiger partial charge in [-0.1, -0.05) is 60.7 Å².